The van der Waals surface area contributed by atoms with E-state index in [0.717, 1.165) is 54.8 Å². The van der Waals surface area contributed by atoms with E-state index in [1.807, 2.05) is 18.2 Å². The van der Waals surface area contributed by atoms with Crippen LogP contribution in [0.4, 0.5) is 0 Å². The molecule has 0 atom stereocenters. The zero-order valence-corrected chi connectivity index (χ0v) is 32.1. The van der Waals surface area contributed by atoms with E-state index in [0.29, 0.717) is 17.6 Å². The van der Waals surface area contributed by atoms with Gasteiger partial charge in [0.1, 0.15) is 0 Å². The van der Waals surface area contributed by atoms with Crippen molar-refractivity contribution in [1.29, 1.82) is 0 Å². The van der Waals surface area contributed by atoms with Crippen molar-refractivity contribution in [3.8, 4) is 51.0 Å². The van der Waals surface area contributed by atoms with Crippen molar-refractivity contribution >= 4 is 54.1 Å². The van der Waals surface area contributed by atoms with Gasteiger partial charge in [0.05, 0.1) is 11.0 Å². The standard InChI is InChI=1S/C54H36N4/c1-54(2)46-28-26-34-14-10-11-20-41(34)49(46)44-27-25-39(31-47(44)54)42-21-12-22-43-45-30-37-18-8-9-19-38(37)32-48(45)58(50(42)43)53-56-51(35-15-4-3-5-16-35)55-52(57-53)40-24-23-33-13-6-7-17-36(33)29-40/h3-32H,1-2H3. The van der Waals surface area contributed by atoms with E-state index in [1.54, 1.807) is 0 Å². The molecule has 9 aromatic carbocycles. The molecule has 1 aliphatic carbocycles. The molecule has 272 valence electrons. The van der Waals surface area contributed by atoms with Crippen LogP contribution in [-0.2, 0) is 5.41 Å². The van der Waals surface area contributed by atoms with Gasteiger partial charge in [-0.3, -0.25) is 4.57 Å². The second-order valence-corrected chi connectivity index (χ2v) is 16.1. The van der Waals surface area contributed by atoms with Crippen LogP contribution in [0.3, 0.4) is 0 Å². The average Bonchev–Trinajstić information content (AvgIpc) is 3.72. The summed E-state index contributed by atoms with van der Waals surface area (Å²) in [6, 6.07) is 65.5. The van der Waals surface area contributed by atoms with Gasteiger partial charge in [0.15, 0.2) is 11.6 Å². The number of benzene rings is 9. The highest BCUT2D eigenvalue weighted by Crippen LogP contribution is 2.52. The number of fused-ring (bicyclic) bond motifs is 10. The average molecular weight is 741 g/mol. The van der Waals surface area contributed by atoms with Gasteiger partial charge in [0, 0.05) is 32.9 Å². The molecule has 0 aliphatic heterocycles. The first-order chi connectivity index (χ1) is 28.5. The lowest BCUT2D eigenvalue weighted by Crippen LogP contribution is -2.15. The van der Waals surface area contributed by atoms with Gasteiger partial charge in [0.2, 0.25) is 5.95 Å². The van der Waals surface area contributed by atoms with Crippen LogP contribution in [0.25, 0.3) is 105 Å². The van der Waals surface area contributed by atoms with E-state index < -0.39 is 0 Å². The largest absolute Gasteiger partial charge is 0.277 e. The Bertz CT molecular complexity index is 3490. The summed E-state index contributed by atoms with van der Waals surface area (Å²) in [6.45, 7) is 4.73. The Morgan fingerprint density at radius 3 is 1.84 bits per heavy atom. The van der Waals surface area contributed by atoms with Gasteiger partial charge in [-0.25, -0.2) is 4.98 Å². The minimum atomic E-state index is -0.170. The third-order valence-electron chi connectivity index (χ3n) is 12.4. The fourth-order valence-electron chi connectivity index (χ4n) is 9.51. The SMILES string of the molecule is CC1(C)c2cc(-c3cccc4c5cc6ccccc6cc5n(-c5nc(-c6ccccc6)nc(-c6ccc7ccccc7c6)n5)c34)ccc2-c2c1ccc1ccccc21. The molecule has 0 saturated heterocycles. The molecule has 0 saturated carbocycles. The van der Waals surface area contributed by atoms with Crippen LogP contribution in [0.1, 0.15) is 25.0 Å². The van der Waals surface area contributed by atoms with Crippen molar-refractivity contribution < 1.29 is 0 Å². The van der Waals surface area contributed by atoms with Crippen LogP contribution in [0, 0.1) is 0 Å². The summed E-state index contributed by atoms with van der Waals surface area (Å²) in [5.41, 5.74) is 11.5. The molecular formula is C54H36N4. The molecule has 11 aromatic rings. The van der Waals surface area contributed by atoms with Crippen molar-refractivity contribution in [2.75, 3.05) is 0 Å². The van der Waals surface area contributed by atoms with Crippen molar-refractivity contribution in [2.24, 2.45) is 0 Å². The molecule has 2 aromatic heterocycles. The predicted octanol–water partition coefficient (Wildman–Crippen LogP) is 13.7. The zero-order chi connectivity index (χ0) is 38.5. The number of aromatic nitrogens is 4. The molecule has 0 bridgehead atoms. The summed E-state index contributed by atoms with van der Waals surface area (Å²) in [5, 5.41) is 9.57. The molecule has 0 amide bonds. The second-order valence-electron chi connectivity index (χ2n) is 16.1. The molecular weight excluding hydrogens is 705 g/mol. The third-order valence-corrected chi connectivity index (χ3v) is 12.4. The molecule has 0 spiro atoms. The fourth-order valence-corrected chi connectivity index (χ4v) is 9.51. The lowest BCUT2D eigenvalue weighted by Gasteiger charge is -2.22. The predicted molar refractivity (Wildman–Crippen MR) is 241 cm³/mol. The Morgan fingerprint density at radius 2 is 1.03 bits per heavy atom. The lowest BCUT2D eigenvalue weighted by molar-refractivity contribution is 0.661. The number of hydrogen-bond acceptors (Lipinski definition) is 3. The quantitative estimate of drug-likeness (QED) is 0.180. The van der Waals surface area contributed by atoms with Crippen molar-refractivity contribution in [1.82, 2.24) is 19.5 Å². The Labute approximate surface area is 335 Å². The lowest BCUT2D eigenvalue weighted by atomic mass is 9.81. The summed E-state index contributed by atoms with van der Waals surface area (Å²) < 4.78 is 2.28. The van der Waals surface area contributed by atoms with E-state index in [9.17, 15) is 0 Å². The number of rotatable bonds is 4. The van der Waals surface area contributed by atoms with Gasteiger partial charge in [-0.1, -0.05) is 172 Å². The Morgan fingerprint density at radius 1 is 0.397 bits per heavy atom. The van der Waals surface area contributed by atoms with E-state index in [4.69, 9.17) is 15.0 Å². The first-order valence-electron chi connectivity index (χ1n) is 19.9. The second kappa shape index (κ2) is 12.3. The zero-order valence-electron chi connectivity index (χ0n) is 32.1. The topological polar surface area (TPSA) is 43.6 Å². The minimum absolute atomic E-state index is 0.170. The molecule has 2 heterocycles. The molecule has 0 fully saturated rings. The Hall–Kier alpha value is -7.43. The van der Waals surface area contributed by atoms with Crippen molar-refractivity contribution in [3.63, 3.8) is 0 Å². The number of para-hydroxylation sites is 1. The summed E-state index contributed by atoms with van der Waals surface area (Å²) in [5.74, 6) is 1.85. The third kappa shape index (κ3) is 4.85. The van der Waals surface area contributed by atoms with E-state index in [2.05, 4.69) is 182 Å². The van der Waals surface area contributed by atoms with E-state index in [1.165, 1.54) is 43.8 Å². The maximum absolute atomic E-state index is 5.37. The molecule has 0 unspecified atom stereocenters. The van der Waals surface area contributed by atoms with Crippen LogP contribution >= 0.6 is 0 Å². The maximum Gasteiger partial charge on any atom is 0.238 e. The number of hydrogen-bond donors (Lipinski definition) is 0. The summed E-state index contributed by atoms with van der Waals surface area (Å²) in [7, 11) is 0. The highest BCUT2D eigenvalue weighted by Gasteiger charge is 2.37. The fraction of sp³-hybridized carbons (Fsp3) is 0.0556. The van der Waals surface area contributed by atoms with Crippen LogP contribution in [0.15, 0.2) is 182 Å². The van der Waals surface area contributed by atoms with Crippen molar-refractivity contribution in [3.05, 3.63) is 193 Å². The first-order valence-corrected chi connectivity index (χ1v) is 19.9. The molecule has 1 aliphatic rings. The Kier molecular flexibility index (Phi) is 6.94. The molecule has 12 rings (SSSR count). The maximum atomic E-state index is 5.37. The van der Waals surface area contributed by atoms with Crippen LogP contribution in [0.5, 0.6) is 0 Å². The first kappa shape index (κ1) is 32.8. The highest BCUT2D eigenvalue weighted by atomic mass is 15.2. The molecule has 0 radical (unpaired) electrons. The van der Waals surface area contributed by atoms with Gasteiger partial charge in [-0.15, -0.1) is 0 Å². The molecule has 4 nitrogen and oxygen atoms in total. The Balaban J connectivity index is 1.15. The van der Waals surface area contributed by atoms with Gasteiger partial charge in [-0.2, -0.15) is 9.97 Å². The van der Waals surface area contributed by atoms with Crippen LogP contribution < -0.4 is 0 Å². The van der Waals surface area contributed by atoms with Gasteiger partial charge < -0.3 is 0 Å². The smallest absolute Gasteiger partial charge is 0.238 e. The molecule has 4 heteroatoms. The van der Waals surface area contributed by atoms with Crippen molar-refractivity contribution in [2.45, 2.75) is 19.3 Å². The van der Waals surface area contributed by atoms with Gasteiger partial charge >= 0.3 is 0 Å². The number of nitrogens with zero attached hydrogens (tertiary/aromatic N) is 4. The monoisotopic (exact) mass is 740 g/mol. The van der Waals surface area contributed by atoms with Crippen LogP contribution in [0.2, 0.25) is 0 Å². The molecule has 58 heavy (non-hydrogen) atoms. The van der Waals surface area contributed by atoms with E-state index >= 15 is 0 Å². The van der Waals surface area contributed by atoms with Gasteiger partial charge in [0.25, 0.3) is 0 Å². The summed E-state index contributed by atoms with van der Waals surface area (Å²) in [4.78, 5) is 15.8. The molecule has 0 N–H and O–H groups in total. The van der Waals surface area contributed by atoms with E-state index in [-0.39, 0.29) is 5.41 Å². The summed E-state index contributed by atoms with van der Waals surface area (Å²) >= 11 is 0. The highest BCUT2D eigenvalue weighted by molar-refractivity contribution is 6.17. The van der Waals surface area contributed by atoms with Gasteiger partial charge in [-0.05, 0) is 84.4 Å². The normalized spacial score (nSPS) is 13.1. The minimum Gasteiger partial charge on any atom is -0.277 e. The van der Waals surface area contributed by atoms with Crippen LogP contribution in [-0.4, -0.2) is 19.5 Å². The summed E-state index contributed by atoms with van der Waals surface area (Å²) in [6.07, 6.45) is 0.